The minimum atomic E-state index is -3.60. The zero-order chi connectivity index (χ0) is 17.6. The molecule has 0 spiro atoms. The number of carbonyl (C=O) groups is 1. The van der Waals surface area contributed by atoms with Crippen molar-refractivity contribution in [1.82, 2.24) is 10.1 Å². The van der Waals surface area contributed by atoms with E-state index in [0.29, 0.717) is 0 Å². The van der Waals surface area contributed by atoms with Crippen molar-refractivity contribution in [2.24, 2.45) is 0 Å². The summed E-state index contributed by atoms with van der Waals surface area (Å²) in [6.45, 7) is 1.92. The van der Waals surface area contributed by atoms with E-state index in [1.807, 2.05) is 37.3 Å². The van der Waals surface area contributed by atoms with Crippen molar-refractivity contribution in [3.05, 3.63) is 60.2 Å². The molecule has 0 radical (unpaired) electrons. The van der Waals surface area contributed by atoms with Crippen molar-refractivity contribution in [3.63, 3.8) is 0 Å². The van der Waals surface area contributed by atoms with Crippen LogP contribution in [0.2, 0.25) is 0 Å². The molecule has 0 bridgehead atoms. The van der Waals surface area contributed by atoms with Crippen molar-refractivity contribution in [1.29, 1.82) is 0 Å². The summed E-state index contributed by atoms with van der Waals surface area (Å²) in [5.74, 6) is -0.270. The molecular weight excluding hydrogens is 326 g/mol. The van der Waals surface area contributed by atoms with Gasteiger partial charge in [-0.2, -0.15) is 0 Å². The third-order valence-corrected chi connectivity index (χ3v) is 4.89. The van der Waals surface area contributed by atoms with Crippen LogP contribution < -0.4 is 15.2 Å². The van der Waals surface area contributed by atoms with Gasteiger partial charge in [0.2, 0.25) is 15.9 Å². The molecule has 0 aliphatic rings. The zero-order valence-electron chi connectivity index (χ0n) is 13.7. The summed E-state index contributed by atoms with van der Waals surface area (Å²) in [6, 6.07) is 15.9. The molecule has 0 unspecified atom stereocenters. The van der Waals surface area contributed by atoms with Gasteiger partial charge in [0.1, 0.15) is 0 Å². The lowest BCUT2D eigenvalue weighted by atomic mass is 10.2. The number of sulfonamides is 1. The minimum absolute atomic E-state index is 0.0324. The van der Waals surface area contributed by atoms with Gasteiger partial charge in [-0.25, -0.2) is 13.1 Å². The maximum absolute atomic E-state index is 12.1. The lowest BCUT2D eigenvalue weighted by Crippen LogP contribution is -2.40. The Hall–Kier alpha value is -2.38. The highest BCUT2D eigenvalue weighted by molar-refractivity contribution is 7.89. The van der Waals surface area contributed by atoms with Gasteiger partial charge in [0.15, 0.2) is 0 Å². The molecule has 2 aromatic rings. The van der Waals surface area contributed by atoms with Crippen LogP contribution in [0.15, 0.2) is 59.5 Å². The van der Waals surface area contributed by atoms with Crippen molar-refractivity contribution in [2.45, 2.75) is 18.2 Å². The number of amides is 1. The van der Waals surface area contributed by atoms with Gasteiger partial charge < -0.3 is 0 Å². The molecule has 0 saturated heterocycles. The zero-order valence-corrected chi connectivity index (χ0v) is 14.5. The van der Waals surface area contributed by atoms with E-state index in [1.54, 1.807) is 36.3 Å². The normalized spacial score (nSPS) is 11.1. The maximum Gasteiger partial charge on any atom is 0.240 e. The molecule has 0 atom stereocenters. The van der Waals surface area contributed by atoms with Crippen molar-refractivity contribution in [2.75, 3.05) is 18.6 Å². The molecule has 6 nitrogen and oxygen atoms in total. The van der Waals surface area contributed by atoms with E-state index < -0.39 is 10.0 Å². The van der Waals surface area contributed by atoms with E-state index in [0.717, 1.165) is 11.3 Å². The topological polar surface area (TPSA) is 78.5 Å². The van der Waals surface area contributed by atoms with Gasteiger partial charge in [-0.3, -0.25) is 15.2 Å². The largest absolute Gasteiger partial charge is 0.289 e. The number of hydrazine groups is 1. The number of rotatable bonds is 7. The quantitative estimate of drug-likeness (QED) is 0.749. The number of anilines is 1. The van der Waals surface area contributed by atoms with Gasteiger partial charge >= 0.3 is 0 Å². The van der Waals surface area contributed by atoms with Crippen LogP contribution in [-0.2, 0) is 14.8 Å². The van der Waals surface area contributed by atoms with Crippen molar-refractivity contribution in [3.8, 4) is 0 Å². The summed E-state index contributed by atoms with van der Waals surface area (Å²) in [7, 11) is -1.87. The smallest absolute Gasteiger partial charge is 0.240 e. The number of nitrogens with zero attached hydrogens (tertiary/aromatic N) is 1. The Morgan fingerprint density at radius 3 is 2.29 bits per heavy atom. The Morgan fingerprint density at radius 1 is 1.04 bits per heavy atom. The summed E-state index contributed by atoms with van der Waals surface area (Å²) in [4.78, 5) is 12.1. The first-order chi connectivity index (χ1) is 11.4. The molecule has 2 N–H and O–H groups in total. The Kier molecular flexibility index (Phi) is 5.94. The molecule has 2 aromatic carbocycles. The number of carbonyl (C=O) groups excluding carboxylic acids is 1. The van der Waals surface area contributed by atoms with E-state index in [2.05, 4.69) is 10.1 Å². The van der Waals surface area contributed by atoms with Crippen LogP contribution >= 0.6 is 0 Å². The molecule has 0 heterocycles. The number of benzene rings is 2. The van der Waals surface area contributed by atoms with E-state index >= 15 is 0 Å². The lowest BCUT2D eigenvalue weighted by molar-refractivity contribution is -0.121. The Bertz CT molecular complexity index is 774. The summed E-state index contributed by atoms with van der Waals surface area (Å²) >= 11 is 0. The van der Waals surface area contributed by atoms with Gasteiger partial charge in [-0.15, -0.1) is 0 Å². The Morgan fingerprint density at radius 2 is 1.67 bits per heavy atom. The number of hydrogen-bond acceptors (Lipinski definition) is 4. The lowest BCUT2D eigenvalue weighted by Gasteiger charge is -2.20. The molecule has 0 aliphatic heterocycles. The van der Waals surface area contributed by atoms with Gasteiger partial charge in [-0.1, -0.05) is 35.9 Å². The second-order valence-electron chi connectivity index (χ2n) is 5.39. The molecular formula is C17H21N3O3S. The van der Waals surface area contributed by atoms with E-state index in [1.165, 1.54) is 0 Å². The Balaban J connectivity index is 1.83. The first-order valence-corrected chi connectivity index (χ1v) is 9.01. The predicted octanol–water partition coefficient (Wildman–Crippen LogP) is 1.83. The molecule has 2 rings (SSSR count). The van der Waals surface area contributed by atoms with Crippen LogP contribution in [-0.4, -0.2) is 27.9 Å². The third-order valence-electron chi connectivity index (χ3n) is 3.41. The summed E-state index contributed by atoms with van der Waals surface area (Å²) in [5.41, 5.74) is 4.51. The van der Waals surface area contributed by atoms with Gasteiger partial charge in [-0.05, 0) is 31.2 Å². The van der Waals surface area contributed by atoms with Gasteiger partial charge in [0.05, 0.1) is 10.6 Å². The second kappa shape index (κ2) is 7.94. The van der Waals surface area contributed by atoms with Crippen molar-refractivity contribution >= 4 is 21.6 Å². The monoisotopic (exact) mass is 347 g/mol. The fourth-order valence-electron chi connectivity index (χ4n) is 2.06. The molecule has 7 heteroatoms. The first kappa shape index (κ1) is 18.0. The van der Waals surface area contributed by atoms with Crippen LogP contribution in [0.3, 0.4) is 0 Å². The number of hydrogen-bond donors (Lipinski definition) is 2. The molecule has 0 aromatic heterocycles. The average Bonchev–Trinajstić information content (AvgIpc) is 2.56. The van der Waals surface area contributed by atoms with E-state index in [9.17, 15) is 13.2 Å². The van der Waals surface area contributed by atoms with Crippen LogP contribution in [0.25, 0.3) is 0 Å². The number of aryl methyl sites for hydroxylation is 1. The highest BCUT2D eigenvalue weighted by Gasteiger charge is 2.14. The summed E-state index contributed by atoms with van der Waals surface area (Å²) in [5, 5.41) is 1.59. The molecule has 0 aliphatic carbocycles. The highest BCUT2D eigenvalue weighted by Crippen LogP contribution is 2.10. The summed E-state index contributed by atoms with van der Waals surface area (Å²) < 4.78 is 26.7. The third kappa shape index (κ3) is 5.07. The van der Waals surface area contributed by atoms with E-state index in [-0.39, 0.29) is 23.8 Å². The number of para-hydroxylation sites is 1. The SMILES string of the molecule is Cc1ccc(S(=O)(=O)NCCC(=O)NN(C)c2ccccc2)cc1. The fourth-order valence-corrected chi connectivity index (χ4v) is 3.09. The molecule has 0 saturated carbocycles. The second-order valence-corrected chi connectivity index (χ2v) is 7.16. The molecule has 1 amide bonds. The first-order valence-electron chi connectivity index (χ1n) is 7.53. The highest BCUT2D eigenvalue weighted by atomic mass is 32.2. The van der Waals surface area contributed by atoms with Crippen LogP contribution in [0.5, 0.6) is 0 Å². The molecule has 24 heavy (non-hydrogen) atoms. The molecule has 0 fully saturated rings. The van der Waals surface area contributed by atoms with Crippen LogP contribution in [0.1, 0.15) is 12.0 Å². The Labute approximate surface area is 142 Å². The van der Waals surface area contributed by atoms with Gasteiger partial charge in [0, 0.05) is 20.0 Å². The maximum atomic E-state index is 12.1. The number of nitrogens with one attached hydrogen (secondary N) is 2. The average molecular weight is 347 g/mol. The summed E-state index contributed by atoms with van der Waals surface area (Å²) in [6.07, 6.45) is 0.0439. The minimum Gasteiger partial charge on any atom is -0.289 e. The van der Waals surface area contributed by atoms with Crippen LogP contribution in [0.4, 0.5) is 5.69 Å². The van der Waals surface area contributed by atoms with Crippen LogP contribution in [0, 0.1) is 6.92 Å². The predicted molar refractivity (Wildman–Crippen MR) is 94.0 cm³/mol. The standard InChI is InChI=1S/C17H21N3O3S/c1-14-8-10-16(11-9-14)24(22,23)18-13-12-17(21)19-20(2)15-6-4-3-5-7-15/h3-11,18H,12-13H2,1-2H3,(H,19,21). The fraction of sp³-hybridized carbons (Fsp3) is 0.235. The van der Waals surface area contributed by atoms with E-state index in [4.69, 9.17) is 0 Å². The van der Waals surface area contributed by atoms with Crippen molar-refractivity contribution < 1.29 is 13.2 Å². The van der Waals surface area contributed by atoms with Gasteiger partial charge in [0.25, 0.3) is 0 Å². The molecule has 128 valence electrons.